The van der Waals surface area contributed by atoms with E-state index in [2.05, 4.69) is 4.72 Å². The Hall–Kier alpha value is -2.34. The van der Waals surface area contributed by atoms with E-state index < -0.39 is 16.0 Å². The molecule has 1 N–H and O–H groups in total. The highest BCUT2D eigenvalue weighted by molar-refractivity contribution is 7.92. The van der Waals surface area contributed by atoms with Crippen LogP contribution in [-0.4, -0.2) is 21.0 Å². The fraction of sp³-hybridized carbons (Fsp3) is 0.278. The van der Waals surface area contributed by atoms with Gasteiger partial charge in [-0.2, -0.15) is 0 Å². The van der Waals surface area contributed by atoms with Crippen molar-refractivity contribution in [3.63, 3.8) is 0 Å². The summed E-state index contributed by atoms with van der Waals surface area (Å²) in [5, 5.41) is 0. The van der Waals surface area contributed by atoms with Crippen molar-refractivity contribution >= 4 is 21.7 Å². The van der Waals surface area contributed by atoms with E-state index in [9.17, 15) is 13.2 Å². The molecular formula is C18H21NO4S. The van der Waals surface area contributed by atoms with Crippen LogP contribution in [0.1, 0.15) is 35.7 Å². The molecule has 2 rings (SSSR count). The molecule has 0 amide bonds. The zero-order valence-electron chi connectivity index (χ0n) is 13.8. The normalized spacial score (nSPS) is 11.1. The lowest BCUT2D eigenvalue weighted by atomic mass is 10.2. The number of hydrogen-bond acceptors (Lipinski definition) is 4. The predicted molar refractivity (Wildman–Crippen MR) is 93.6 cm³/mol. The molecule has 0 heterocycles. The zero-order chi connectivity index (χ0) is 17.6. The van der Waals surface area contributed by atoms with Crippen molar-refractivity contribution in [3.8, 4) is 0 Å². The monoisotopic (exact) mass is 347 g/mol. The smallest absolute Gasteiger partial charge is 0.338 e. The summed E-state index contributed by atoms with van der Waals surface area (Å²) < 4.78 is 32.4. The number of rotatable bonds is 7. The number of nitrogens with one attached hydrogen (secondary N) is 1. The van der Waals surface area contributed by atoms with Crippen LogP contribution in [0.4, 0.5) is 5.69 Å². The maximum Gasteiger partial charge on any atom is 0.338 e. The molecule has 2 aromatic carbocycles. The predicted octanol–water partition coefficient (Wildman–Crippen LogP) is 3.75. The van der Waals surface area contributed by atoms with Gasteiger partial charge in [0.2, 0.25) is 0 Å². The van der Waals surface area contributed by atoms with E-state index in [0.717, 1.165) is 18.4 Å². The Morgan fingerprint density at radius 1 is 1.12 bits per heavy atom. The van der Waals surface area contributed by atoms with Crippen molar-refractivity contribution in [2.75, 3.05) is 11.3 Å². The number of esters is 1. The average molecular weight is 347 g/mol. The summed E-state index contributed by atoms with van der Waals surface area (Å²) in [4.78, 5) is 12.1. The van der Waals surface area contributed by atoms with Crippen molar-refractivity contribution in [2.24, 2.45) is 0 Å². The SMILES string of the molecule is CCCCOC(=O)c1cccc(NS(=O)(=O)c2ccc(C)cc2)c1. The number of carbonyl (C=O) groups is 1. The first-order valence-corrected chi connectivity index (χ1v) is 9.27. The van der Waals surface area contributed by atoms with Gasteiger partial charge in [-0.15, -0.1) is 0 Å². The molecule has 128 valence electrons. The highest BCUT2D eigenvalue weighted by Crippen LogP contribution is 2.18. The van der Waals surface area contributed by atoms with Gasteiger partial charge in [0.25, 0.3) is 10.0 Å². The molecule has 6 heteroatoms. The van der Waals surface area contributed by atoms with Gasteiger partial charge < -0.3 is 4.74 Å². The molecule has 0 saturated heterocycles. The maximum atomic E-state index is 12.4. The van der Waals surface area contributed by atoms with Gasteiger partial charge in [0.15, 0.2) is 0 Å². The molecule has 24 heavy (non-hydrogen) atoms. The molecule has 0 aliphatic carbocycles. The Morgan fingerprint density at radius 2 is 1.83 bits per heavy atom. The highest BCUT2D eigenvalue weighted by Gasteiger charge is 2.15. The quantitative estimate of drug-likeness (QED) is 0.611. The van der Waals surface area contributed by atoms with Gasteiger partial charge in [0.05, 0.1) is 17.1 Å². The fourth-order valence-electron chi connectivity index (χ4n) is 2.03. The third kappa shape index (κ3) is 4.83. The molecule has 0 radical (unpaired) electrons. The van der Waals surface area contributed by atoms with Crippen LogP contribution in [0.15, 0.2) is 53.4 Å². The van der Waals surface area contributed by atoms with Crippen LogP contribution in [0.2, 0.25) is 0 Å². The van der Waals surface area contributed by atoms with Gasteiger partial charge in [0, 0.05) is 5.69 Å². The van der Waals surface area contributed by atoms with E-state index in [1.165, 1.54) is 6.07 Å². The van der Waals surface area contributed by atoms with Crippen molar-refractivity contribution in [3.05, 3.63) is 59.7 Å². The molecule has 0 atom stereocenters. The number of hydrogen-bond donors (Lipinski definition) is 1. The van der Waals surface area contributed by atoms with E-state index in [1.807, 2.05) is 13.8 Å². The lowest BCUT2D eigenvalue weighted by Gasteiger charge is -2.10. The third-order valence-corrected chi connectivity index (χ3v) is 4.81. The number of unbranched alkanes of at least 4 members (excludes halogenated alkanes) is 1. The minimum absolute atomic E-state index is 0.170. The van der Waals surface area contributed by atoms with E-state index in [-0.39, 0.29) is 4.90 Å². The van der Waals surface area contributed by atoms with Crippen LogP contribution < -0.4 is 4.72 Å². The lowest BCUT2D eigenvalue weighted by Crippen LogP contribution is -2.13. The Balaban J connectivity index is 2.14. The minimum Gasteiger partial charge on any atom is -0.462 e. The molecule has 0 aliphatic rings. The van der Waals surface area contributed by atoms with Crippen LogP contribution in [-0.2, 0) is 14.8 Å². The van der Waals surface area contributed by atoms with E-state index in [0.29, 0.717) is 17.9 Å². The first-order chi connectivity index (χ1) is 11.4. The van der Waals surface area contributed by atoms with E-state index in [4.69, 9.17) is 4.74 Å². The van der Waals surface area contributed by atoms with Crippen molar-refractivity contribution in [2.45, 2.75) is 31.6 Å². The number of sulfonamides is 1. The summed E-state index contributed by atoms with van der Waals surface area (Å²) in [5.74, 6) is -0.458. The van der Waals surface area contributed by atoms with Crippen molar-refractivity contribution in [1.82, 2.24) is 0 Å². The number of benzene rings is 2. The van der Waals surface area contributed by atoms with Gasteiger partial charge in [-0.25, -0.2) is 13.2 Å². The van der Waals surface area contributed by atoms with Crippen molar-refractivity contribution < 1.29 is 17.9 Å². The largest absolute Gasteiger partial charge is 0.462 e. The molecule has 0 aromatic heterocycles. The molecule has 0 saturated carbocycles. The van der Waals surface area contributed by atoms with Crippen LogP contribution in [0.5, 0.6) is 0 Å². The summed E-state index contributed by atoms with van der Waals surface area (Å²) in [5.41, 5.74) is 1.61. The summed E-state index contributed by atoms with van der Waals surface area (Å²) in [6.45, 7) is 4.25. The topological polar surface area (TPSA) is 72.5 Å². The van der Waals surface area contributed by atoms with E-state index in [1.54, 1.807) is 42.5 Å². The third-order valence-electron chi connectivity index (χ3n) is 3.41. The summed E-state index contributed by atoms with van der Waals surface area (Å²) in [7, 11) is -3.70. The second-order valence-corrected chi connectivity index (χ2v) is 7.17. The minimum atomic E-state index is -3.70. The molecule has 0 bridgehead atoms. The fourth-order valence-corrected chi connectivity index (χ4v) is 3.08. The Morgan fingerprint density at radius 3 is 2.50 bits per heavy atom. The van der Waals surface area contributed by atoms with E-state index >= 15 is 0 Å². The van der Waals surface area contributed by atoms with Gasteiger partial charge >= 0.3 is 5.97 Å². The van der Waals surface area contributed by atoms with Crippen LogP contribution in [0, 0.1) is 6.92 Å². The van der Waals surface area contributed by atoms with Gasteiger partial charge in [-0.1, -0.05) is 37.1 Å². The summed E-state index contributed by atoms with van der Waals surface area (Å²) in [6.07, 6.45) is 1.73. The Labute approximate surface area is 142 Å². The molecule has 0 unspecified atom stereocenters. The first-order valence-electron chi connectivity index (χ1n) is 7.79. The number of aryl methyl sites for hydroxylation is 1. The number of anilines is 1. The van der Waals surface area contributed by atoms with Gasteiger partial charge in [-0.3, -0.25) is 4.72 Å². The van der Waals surface area contributed by atoms with Gasteiger partial charge in [-0.05, 0) is 43.7 Å². The maximum absolute atomic E-state index is 12.4. The Bertz CT molecular complexity index is 798. The molecule has 2 aromatic rings. The molecule has 0 spiro atoms. The second-order valence-electron chi connectivity index (χ2n) is 5.49. The van der Waals surface area contributed by atoms with Crippen LogP contribution in [0.3, 0.4) is 0 Å². The molecular weight excluding hydrogens is 326 g/mol. The lowest BCUT2D eigenvalue weighted by molar-refractivity contribution is 0.0500. The zero-order valence-corrected chi connectivity index (χ0v) is 14.6. The molecule has 0 fully saturated rings. The number of ether oxygens (including phenoxy) is 1. The molecule has 0 aliphatic heterocycles. The van der Waals surface area contributed by atoms with Crippen LogP contribution >= 0.6 is 0 Å². The second kappa shape index (κ2) is 7.97. The highest BCUT2D eigenvalue weighted by atomic mass is 32.2. The van der Waals surface area contributed by atoms with Crippen molar-refractivity contribution in [1.29, 1.82) is 0 Å². The van der Waals surface area contributed by atoms with Gasteiger partial charge in [0.1, 0.15) is 0 Å². The average Bonchev–Trinajstić information content (AvgIpc) is 2.55. The first kappa shape index (κ1) is 18.0. The standard InChI is InChI=1S/C18H21NO4S/c1-3-4-12-23-18(20)15-6-5-7-16(13-15)19-24(21,22)17-10-8-14(2)9-11-17/h5-11,13,19H,3-4,12H2,1-2H3. The Kier molecular flexibility index (Phi) is 5.98. The summed E-state index contributed by atoms with van der Waals surface area (Å²) >= 11 is 0. The van der Waals surface area contributed by atoms with Crippen LogP contribution in [0.25, 0.3) is 0 Å². The number of carbonyl (C=O) groups excluding carboxylic acids is 1. The summed E-state index contributed by atoms with van der Waals surface area (Å²) in [6, 6.07) is 12.8. The molecule has 5 nitrogen and oxygen atoms in total.